The van der Waals surface area contributed by atoms with E-state index in [0.29, 0.717) is 5.92 Å². The van der Waals surface area contributed by atoms with Crippen LogP contribution < -0.4 is 4.90 Å². The Labute approximate surface area is 150 Å². The quantitative estimate of drug-likeness (QED) is 0.680. The molecule has 3 aromatic carbocycles. The Hall–Kier alpha value is -2.32. The number of anilines is 1. The van der Waals surface area contributed by atoms with Crippen molar-refractivity contribution in [2.45, 2.75) is 12.8 Å². The Morgan fingerprint density at radius 1 is 0.760 bits per heavy atom. The van der Waals surface area contributed by atoms with Crippen LogP contribution in [0.15, 0.2) is 72.8 Å². The van der Waals surface area contributed by atoms with Gasteiger partial charge in [0.1, 0.15) is 0 Å². The molecule has 2 heteroatoms. The van der Waals surface area contributed by atoms with E-state index in [9.17, 15) is 0 Å². The van der Waals surface area contributed by atoms with E-state index in [4.69, 9.17) is 0 Å². The van der Waals surface area contributed by atoms with Gasteiger partial charge in [-0.1, -0.05) is 67.6 Å². The molecule has 0 spiro atoms. The Balaban J connectivity index is 1.37. The van der Waals surface area contributed by atoms with Gasteiger partial charge in [-0.2, -0.15) is 0 Å². The highest BCUT2D eigenvalue weighted by Crippen LogP contribution is 2.23. The van der Waals surface area contributed by atoms with Crippen LogP contribution in [0.5, 0.6) is 0 Å². The molecule has 1 atom stereocenters. The molecule has 0 amide bonds. The molecule has 0 saturated carbocycles. The Morgan fingerprint density at radius 2 is 1.44 bits per heavy atom. The third-order valence-electron chi connectivity index (χ3n) is 5.37. The highest BCUT2D eigenvalue weighted by Gasteiger charge is 2.19. The van der Waals surface area contributed by atoms with Gasteiger partial charge in [-0.25, -0.2) is 0 Å². The average Bonchev–Trinajstić information content (AvgIpc) is 2.69. The van der Waals surface area contributed by atoms with E-state index >= 15 is 0 Å². The zero-order valence-electron chi connectivity index (χ0n) is 14.9. The summed E-state index contributed by atoms with van der Waals surface area (Å²) in [6.07, 6.45) is 0. The summed E-state index contributed by atoms with van der Waals surface area (Å²) in [5.41, 5.74) is 2.80. The van der Waals surface area contributed by atoms with Crippen LogP contribution in [-0.4, -0.2) is 37.6 Å². The largest absolute Gasteiger partial charge is 0.369 e. The molecule has 1 fully saturated rings. The van der Waals surface area contributed by atoms with Gasteiger partial charge in [-0.15, -0.1) is 0 Å². The second kappa shape index (κ2) is 7.28. The van der Waals surface area contributed by atoms with Crippen molar-refractivity contribution in [2.24, 2.45) is 0 Å². The predicted octanol–water partition coefficient (Wildman–Crippen LogP) is 4.77. The third-order valence-corrected chi connectivity index (χ3v) is 5.37. The lowest BCUT2D eigenvalue weighted by atomic mass is 9.97. The van der Waals surface area contributed by atoms with Crippen LogP contribution in [0.1, 0.15) is 18.4 Å². The van der Waals surface area contributed by atoms with Gasteiger partial charge in [0, 0.05) is 38.4 Å². The second-order valence-electron chi connectivity index (χ2n) is 7.13. The first-order valence-electron chi connectivity index (χ1n) is 9.31. The molecule has 2 nitrogen and oxygen atoms in total. The van der Waals surface area contributed by atoms with Gasteiger partial charge in [0.25, 0.3) is 0 Å². The molecule has 1 unspecified atom stereocenters. The number of piperazine rings is 1. The third kappa shape index (κ3) is 3.69. The average molecular weight is 330 g/mol. The van der Waals surface area contributed by atoms with Crippen molar-refractivity contribution in [1.29, 1.82) is 0 Å². The number of para-hydroxylation sites is 1. The molecule has 1 saturated heterocycles. The van der Waals surface area contributed by atoms with E-state index in [1.54, 1.807) is 0 Å². The predicted molar refractivity (Wildman–Crippen MR) is 107 cm³/mol. The standard InChI is InChI=1S/C23H26N2/c1-19(21-12-11-20-7-5-6-8-22(20)17-21)18-24-13-15-25(16-14-24)23-9-3-2-4-10-23/h2-12,17,19H,13-16,18H2,1H3. The summed E-state index contributed by atoms with van der Waals surface area (Å²) >= 11 is 0. The van der Waals surface area contributed by atoms with E-state index in [1.165, 1.54) is 22.0 Å². The van der Waals surface area contributed by atoms with Crippen LogP contribution in [-0.2, 0) is 0 Å². The number of hydrogen-bond donors (Lipinski definition) is 0. The Bertz CT molecular complexity index is 820. The molecular formula is C23H26N2. The van der Waals surface area contributed by atoms with Gasteiger partial charge in [0.05, 0.1) is 0 Å². The van der Waals surface area contributed by atoms with Crippen molar-refractivity contribution in [2.75, 3.05) is 37.6 Å². The summed E-state index contributed by atoms with van der Waals surface area (Å²) in [6, 6.07) is 26.3. The van der Waals surface area contributed by atoms with Crippen molar-refractivity contribution < 1.29 is 0 Å². The van der Waals surface area contributed by atoms with Crippen LogP contribution in [0.2, 0.25) is 0 Å². The zero-order chi connectivity index (χ0) is 17.1. The SMILES string of the molecule is CC(CN1CCN(c2ccccc2)CC1)c1ccc2ccccc2c1. The molecule has 4 rings (SSSR count). The first kappa shape index (κ1) is 16.2. The number of fused-ring (bicyclic) bond motifs is 1. The zero-order valence-corrected chi connectivity index (χ0v) is 14.9. The van der Waals surface area contributed by atoms with Gasteiger partial charge < -0.3 is 4.90 Å². The van der Waals surface area contributed by atoms with Gasteiger partial charge in [-0.05, 0) is 34.4 Å². The minimum Gasteiger partial charge on any atom is -0.369 e. The van der Waals surface area contributed by atoms with E-state index in [0.717, 1.165) is 32.7 Å². The maximum Gasteiger partial charge on any atom is 0.0367 e. The van der Waals surface area contributed by atoms with Crippen LogP contribution in [0.25, 0.3) is 10.8 Å². The van der Waals surface area contributed by atoms with E-state index < -0.39 is 0 Å². The number of hydrogen-bond acceptors (Lipinski definition) is 2. The maximum atomic E-state index is 2.61. The maximum absolute atomic E-state index is 2.61. The summed E-state index contributed by atoms with van der Waals surface area (Å²) < 4.78 is 0. The van der Waals surface area contributed by atoms with Crippen molar-refractivity contribution in [3.63, 3.8) is 0 Å². The number of benzene rings is 3. The molecule has 3 aromatic rings. The van der Waals surface area contributed by atoms with Crippen molar-refractivity contribution in [3.8, 4) is 0 Å². The number of rotatable bonds is 4. The first-order chi connectivity index (χ1) is 12.3. The van der Waals surface area contributed by atoms with Crippen molar-refractivity contribution in [3.05, 3.63) is 78.4 Å². The van der Waals surface area contributed by atoms with Gasteiger partial charge >= 0.3 is 0 Å². The minimum absolute atomic E-state index is 0.563. The van der Waals surface area contributed by atoms with Crippen molar-refractivity contribution >= 4 is 16.5 Å². The highest BCUT2D eigenvalue weighted by molar-refractivity contribution is 5.83. The topological polar surface area (TPSA) is 6.48 Å². The van der Waals surface area contributed by atoms with Gasteiger partial charge in [-0.3, -0.25) is 4.90 Å². The Kier molecular flexibility index (Phi) is 4.71. The van der Waals surface area contributed by atoms with E-state index in [-0.39, 0.29) is 0 Å². The summed E-state index contributed by atoms with van der Waals surface area (Å²) in [5.74, 6) is 0.563. The lowest BCUT2D eigenvalue weighted by Gasteiger charge is -2.37. The molecule has 0 aliphatic carbocycles. The van der Waals surface area contributed by atoms with Crippen LogP contribution in [0, 0.1) is 0 Å². The monoisotopic (exact) mass is 330 g/mol. The molecular weight excluding hydrogens is 304 g/mol. The molecule has 0 aromatic heterocycles. The molecule has 1 heterocycles. The van der Waals surface area contributed by atoms with Gasteiger partial charge in [0.2, 0.25) is 0 Å². The van der Waals surface area contributed by atoms with E-state index in [1.807, 2.05) is 0 Å². The minimum atomic E-state index is 0.563. The fraction of sp³-hybridized carbons (Fsp3) is 0.304. The fourth-order valence-corrected chi connectivity index (χ4v) is 3.83. The fourth-order valence-electron chi connectivity index (χ4n) is 3.83. The summed E-state index contributed by atoms with van der Waals surface area (Å²) in [4.78, 5) is 5.11. The lowest BCUT2D eigenvalue weighted by Crippen LogP contribution is -2.47. The van der Waals surface area contributed by atoms with Crippen LogP contribution in [0.3, 0.4) is 0 Å². The van der Waals surface area contributed by atoms with Crippen molar-refractivity contribution in [1.82, 2.24) is 4.90 Å². The van der Waals surface area contributed by atoms with Crippen LogP contribution in [0.4, 0.5) is 5.69 Å². The smallest absolute Gasteiger partial charge is 0.0367 e. The summed E-state index contributed by atoms with van der Waals surface area (Å²) in [5, 5.41) is 2.68. The highest BCUT2D eigenvalue weighted by atomic mass is 15.3. The normalized spacial score (nSPS) is 16.9. The molecule has 1 aliphatic heterocycles. The molecule has 0 radical (unpaired) electrons. The van der Waals surface area contributed by atoms with E-state index in [2.05, 4.69) is 89.5 Å². The molecule has 0 bridgehead atoms. The second-order valence-corrected chi connectivity index (χ2v) is 7.13. The lowest BCUT2D eigenvalue weighted by molar-refractivity contribution is 0.246. The molecule has 0 N–H and O–H groups in total. The molecule has 128 valence electrons. The van der Waals surface area contributed by atoms with Crippen LogP contribution >= 0.6 is 0 Å². The molecule has 25 heavy (non-hydrogen) atoms. The summed E-state index contributed by atoms with van der Waals surface area (Å²) in [7, 11) is 0. The molecule has 1 aliphatic rings. The summed E-state index contributed by atoms with van der Waals surface area (Å²) in [6.45, 7) is 8.02. The Morgan fingerprint density at radius 3 is 2.20 bits per heavy atom. The van der Waals surface area contributed by atoms with Gasteiger partial charge in [0.15, 0.2) is 0 Å². The first-order valence-corrected chi connectivity index (χ1v) is 9.31. The number of nitrogens with zero attached hydrogens (tertiary/aromatic N) is 2.